The van der Waals surface area contributed by atoms with E-state index in [1.807, 2.05) is 43.0 Å². The molecule has 0 saturated carbocycles. The highest BCUT2D eigenvalue weighted by Crippen LogP contribution is 2.30. The maximum atomic E-state index is 13.6. The van der Waals surface area contributed by atoms with Crippen LogP contribution in [0.3, 0.4) is 0 Å². The third-order valence-electron chi connectivity index (χ3n) is 6.43. The lowest BCUT2D eigenvalue weighted by molar-refractivity contribution is -0.135. The van der Waals surface area contributed by atoms with Gasteiger partial charge in [0, 0.05) is 26.2 Å². The van der Waals surface area contributed by atoms with Crippen LogP contribution in [0.1, 0.15) is 53.8 Å². The normalized spacial score (nSPS) is 20.3. The smallest absolute Gasteiger partial charge is 0.248 e. The Morgan fingerprint density at radius 3 is 2.59 bits per heavy atom. The SMILES string of the molecule is Cc1ccc(C)c(/C=C/c2onc(C)c2S(=O)(=O)N2CCCC(C(=O)N3CCCC3)C2)c1. The van der Waals surface area contributed by atoms with Gasteiger partial charge in [-0.05, 0) is 63.7 Å². The van der Waals surface area contributed by atoms with Crippen LogP contribution in [0, 0.1) is 26.7 Å². The lowest BCUT2D eigenvalue weighted by Crippen LogP contribution is -2.46. The van der Waals surface area contributed by atoms with Gasteiger partial charge in [0.2, 0.25) is 15.9 Å². The molecular weight excluding hydrogens is 426 g/mol. The zero-order valence-corrected chi connectivity index (χ0v) is 19.8. The molecule has 2 fully saturated rings. The van der Waals surface area contributed by atoms with Crippen molar-refractivity contribution in [1.29, 1.82) is 0 Å². The number of carbonyl (C=O) groups excluding carboxylic acids is 1. The Morgan fingerprint density at radius 1 is 1.09 bits per heavy atom. The summed E-state index contributed by atoms with van der Waals surface area (Å²) in [4.78, 5) is 14.8. The van der Waals surface area contributed by atoms with Gasteiger partial charge in [-0.25, -0.2) is 8.42 Å². The Hall–Kier alpha value is -2.45. The number of benzene rings is 1. The molecule has 0 aliphatic carbocycles. The topological polar surface area (TPSA) is 83.7 Å². The number of hydrogen-bond donors (Lipinski definition) is 0. The van der Waals surface area contributed by atoms with Gasteiger partial charge < -0.3 is 9.42 Å². The fraction of sp³-hybridized carbons (Fsp3) is 0.500. The van der Waals surface area contributed by atoms with Crippen molar-refractivity contribution in [2.24, 2.45) is 5.92 Å². The van der Waals surface area contributed by atoms with Gasteiger partial charge in [-0.3, -0.25) is 4.79 Å². The number of likely N-dealkylation sites (tertiary alicyclic amines) is 1. The van der Waals surface area contributed by atoms with Crippen molar-refractivity contribution in [2.45, 2.75) is 51.3 Å². The predicted octanol–water partition coefficient (Wildman–Crippen LogP) is 3.79. The minimum Gasteiger partial charge on any atom is -0.355 e. The predicted molar refractivity (Wildman–Crippen MR) is 123 cm³/mol. The van der Waals surface area contributed by atoms with E-state index in [0.717, 1.165) is 49.0 Å². The van der Waals surface area contributed by atoms with Crippen LogP contribution in [-0.4, -0.2) is 54.9 Å². The number of nitrogens with zero attached hydrogens (tertiary/aromatic N) is 3. The van der Waals surface area contributed by atoms with Crippen molar-refractivity contribution in [1.82, 2.24) is 14.4 Å². The Labute approximate surface area is 190 Å². The molecule has 2 aromatic rings. The molecule has 2 aliphatic heterocycles. The van der Waals surface area contributed by atoms with Gasteiger partial charge in [0.1, 0.15) is 5.69 Å². The van der Waals surface area contributed by atoms with Crippen molar-refractivity contribution in [2.75, 3.05) is 26.2 Å². The summed E-state index contributed by atoms with van der Waals surface area (Å²) in [5.41, 5.74) is 3.54. The van der Waals surface area contributed by atoms with Crippen LogP contribution in [0.15, 0.2) is 27.6 Å². The van der Waals surface area contributed by atoms with Crippen LogP contribution in [0.2, 0.25) is 0 Å². The average Bonchev–Trinajstić information content (AvgIpc) is 3.44. The van der Waals surface area contributed by atoms with Crippen LogP contribution in [0.5, 0.6) is 0 Å². The van der Waals surface area contributed by atoms with Gasteiger partial charge in [-0.2, -0.15) is 4.31 Å². The van der Waals surface area contributed by atoms with E-state index in [2.05, 4.69) is 5.16 Å². The van der Waals surface area contributed by atoms with Crippen LogP contribution >= 0.6 is 0 Å². The van der Waals surface area contributed by atoms with E-state index in [1.54, 1.807) is 13.0 Å². The molecule has 1 atom stereocenters. The van der Waals surface area contributed by atoms with Gasteiger partial charge in [0.25, 0.3) is 0 Å². The first-order valence-electron chi connectivity index (χ1n) is 11.3. The highest BCUT2D eigenvalue weighted by Gasteiger charge is 2.38. The van der Waals surface area contributed by atoms with Gasteiger partial charge in [-0.1, -0.05) is 35.0 Å². The first-order chi connectivity index (χ1) is 15.3. The van der Waals surface area contributed by atoms with Crippen molar-refractivity contribution in [3.05, 3.63) is 46.3 Å². The second-order valence-electron chi connectivity index (χ2n) is 8.89. The molecule has 7 nitrogen and oxygen atoms in total. The van der Waals surface area contributed by atoms with Crippen LogP contribution in [-0.2, 0) is 14.8 Å². The largest absolute Gasteiger partial charge is 0.355 e. The molecule has 0 bridgehead atoms. The van der Waals surface area contributed by atoms with E-state index in [1.165, 1.54) is 4.31 Å². The van der Waals surface area contributed by atoms with E-state index >= 15 is 0 Å². The number of sulfonamides is 1. The monoisotopic (exact) mass is 457 g/mol. The van der Waals surface area contributed by atoms with E-state index in [4.69, 9.17) is 4.52 Å². The molecule has 1 aromatic carbocycles. The minimum atomic E-state index is -3.84. The lowest BCUT2D eigenvalue weighted by Gasteiger charge is -2.33. The van der Waals surface area contributed by atoms with E-state index in [0.29, 0.717) is 18.7 Å². The highest BCUT2D eigenvalue weighted by molar-refractivity contribution is 7.89. The number of aryl methyl sites for hydroxylation is 3. The Bertz CT molecular complexity index is 1130. The third kappa shape index (κ3) is 4.52. The summed E-state index contributed by atoms with van der Waals surface area (Å²) in [6, 6.07) is 6.11. The molecule has 172 valence electrons. The van der Waals surface area contributed by atoms with Gasteiger partial charge in [-0.15, -0.1) is 0 Å². The summed E-state index contributed by atoms with van der Waals surface area (Å²) in [6.45, 7) is 7.83. The van der Waals surface area contributed by atoms with Crippen molar-refractivity contribution < 1.29 is 17.7 Å². The summed E-state index contributed by atoms with van der Waals surface area (Å²) in [5.74, 6) is 0.0154. The fourth-order valence-electron chi connectivity index (χ4n) is 4.59. The van der Waals surface area contributed by atoms with Gasteiger partial charge >= 0.3 is 0 Å². The van der Waals surface area contributed by atoms with Crippen LogP contribution in [0.25, 0.3) is 12.2 Å². The molecule has 0 radical (unpaired) electrons. The fourth-order valence-corrected chi connectivity index (χ4v) is 6.36. The molecule has 2 saturated heterocycles. The van der Waals surface area contributed by atoms with Crippen LogP contribution in [0.4, 0.5) is 0 Å². The molecule has 3 heterocycles. The number of rotatable bonds is 5. The Balaban J connectivity index is 1.59. The number of carbonyl (C=O) groups is 1. The van der Waals surface area contributed by atoms with Crippen molar-refractivity contribution >= 4 is 28.1 Å². The molecular formula is C24H31N3O4S. The molecule has 1 aromatic heterocycles. The maximum Gasteiger partial charge on any atom is 0.248 e. The molecule has 4 rings (SSSR count). The first kappa shape index (κ1) is 22.7. The quantitative estimate of drug-likeness (QED) is 0.682. The summed E-state index contributed by atoms with van der Waals surface area (Å²) < 4.78 is 34.0. The molecule has 1 amide bonds. The zero-order chi connectivity index (χ0) is 22.9. The summed E-state index contributed by atoms with van der Waals surface area (Å²) in [6.07, 6.45) is 6.97. The van der Waals surface area contributed by atoms with E-state index in [9.17, 15) is 13.2 Å². The lowest BCUT2D eigenvalue weighted by atomic mass is 9.98. The number of piperidine rings is 1. The standard InChI is InChI=1S/C24H31N3O4S/c1-17-8-9-18(2)20(15-17)10-11-22-23(19(3)25-31-22)32(29,30)27-14-6-7-21(16-27)24(28)26-12-4-5-13-26/h8-11,15,21H,4-7,12-14,16H2,1-3H3/b11-10+. The average molecular weight is 458 g/mol. The Kier molecular flexibility index (Phi) is 6.53. The molecule has 8 heteroatoms. The van der Waals surface area contributed by atoms with E-state index < -0.39 is 10.0 Å². The molecule has 0 N–H and O–H groups in total. The molecule has 1 unspecified atom stereocenters. The summed E-state index contributed by atoms with van der Waals surface area (Å²) in [5, 5.41) is 3.94. The first-order valence-corrected chi connectivity index (χ1v) is 12.7. The second-order valence-corrected chi connectivity index (χ2v) is 10.8. The molecule has 32 heavy (non-hydrogen) atoms. The molecule has 2 aliphatic rings. The summed E-state index contributed by atoms with van der Waals surface area (Å²) >= 11 is 0. The van der Waals surface area contributed by atoms with Gasteiger partial charge in [0.15, 0.2) is 10.7 Å². The highest BCUT2D eigenvalue weighted by atomic mass is 32.2. The number of amides is 1. The number of aromatic nitrogens is 1. The molecule has 0 spiro atoms. The minimum absolute atomic E-state index is 0.0829. The number of hydrogen-bond acceptors (Lipinski definition) is 5. The maximum absolute atomic E-state index is 13.6. The second kappa shape index (κ2) is 9.19. The third-order valence-corrected chi connectivity index (χ3v) is 8.46. The van der Waals surface area contributed by atoms with Gasteiger partial charge in [0.05, 0.1) is 5.92 Å². The summed E-state index contributed by atoms with van der Waals surface area (Å²) in [7, 11) is -3.84. The van der Waals surface area contributed by atoms with E-state index in [-0.39, 0.29) is 29.0 Å². The van der Waals surface area contributed by atoms with Crippen molar-refractivity contribution in [3.8, 4) is 0 Å². The van der Waals surface area contributed by atoms with Crippen LogP contribution < -0.4 is 0 Å². The Morgan fingerprint density at radius 2 is 1.84 bits per heavy atom. The van der Waals surface area contributed by atoms with Crippen molar-refractivity contribution in [3.63, 3.8) is 0 Å². The zero-order valence-electron chi connectivity index (χ0n) is 19.0.